The molecule has 13 heteroatoms. The molecule has 0 bridgehead atoms. The lowest BCUT2D eigenvalue weighted by Gasteiger charge is -2.23. The Hall–Kier alpha value is -3.48. The summed E-state index contributed by atoms with van der Waals surface area (Å²) in [7, 11) is 0. The second-order valence-electron chi connectivity index (χ2n) is 8.67. The fraction of sp³-hybridized carbons (Fsp3) is 0.619. The molecule has 0 radical (unpaired) electrons. The van der Waals surface area contributed by atoms with Crippen molar-refractivity contribution in [3.8, 4) is 0 Å². The molecular formula is C21H28N2O11. The van der Waals surface area contributed by atoms with Crippen molar-refractivity contribution in [3.63, 3.8) is 0 Å². The first-order valence-electron chi connectivity index (χ1n) is 10.3. The summed E-state index contributed by atoms with van der Waals surface area (Å²) in [5, 5.41) is 0. The number of esters is 4. The highest BCUT2D eigenvalue weighted by Gasteiger charge is 2.51. The predicted octanol–water partition coefficient (Wildman–Crippen LogP) is -0.0502. The van der Waals surface area contributed by atoms with Gasteiger partial charge in [-0.3, -0.25) is 33.5 Å². The van der Waals surface area contributed by atoms with Gasteiger partial charge in [0.2, 0.25) is 0 Å². The van der Waals surface area contributed by atoms with Crippen LogP contribution in [0.1, 0.15) is 53.2 Å². The molecule has 0 spiro atoms. The average molecular weight is 484 g/mol. The summed E-state index contributed by atoms with van der Waals surface area (Å²) in [6.07, 6.45) is -3.81. The number of hydrogen-bond acceptors (Lipinski definition) is 11. The lowest BCUT2D eigenvalue weighted by atomic mass is 9.98. The largest absolute Gasteiger partial charge is 0.463 e. The van der Waals surface area contributed by atoms with Crippen molar-refractivity contribution in [3.05, 3.63) is 32.6 Å². The monoisotopic (exact) mass is 484 g/mol. The van der Waals surface area contributed by atoms with Gasteiger partial charge in [0.1, 0.15) is 18.8 Å². The first-order chi connectivity index (χ1) is 15.7. The van der Waals surface area contributed by atoms with E-state index in [1.807, 2.05) is 0 Å². The molecule has 1 aromatic rings. The Kier molecular flexibility index (Phi) is 8.37. The lowest BCUT2D eigenvalue weighted by molar-refractivity contribution is -0.165. The predicted molar refractivity (Wildman–Crippen MR) is 112 cm³/mol. The van der Waals surface area contributed by atoms with Crippen LogP contribution in [0.25, 0.3) is 0 Å². The fourth-order valence-electron chi connectivity index (χ4n) is 3.14. The number of hydrogen-bond donors (Lipinski definition) is 1. The molecule has 1 aliphatic rings. The molecule has 0 aliphatic carbocycles. The van der Waals surface area contributed by atoms with Gasteiger partial charge in [-0.25, -0.2) is 4.79 Å². The summed E-state index contributed by atoms with van der Waals surface area (Å²) in [6.45, 7) is 7.42. The van der Waals surface area contributed by atoms with Crippen molar-refractivity contribution < 1.29 is 42.9 Å². The van der Waals surface area contributed by atoms with Gasteiger partial charge in [-0.2, -0.15) is 0 Å². The molecule has 0 aromatic carbocycles. The number of aromatic nitrogens is 2. The molecule has 4 unspecified atom stereocenters. The van der Waals surface area contributed by atoms with Gasteiger partial charge in [-0.05, 0) is 20.8 Å². The van der Waals surface area contributed by atoms with Crippen molar-refractivity contribution in [1.82, 2.24) is 9.55 Å². The van der Waals surface area contributed by atoms with Crippen LogP contribution in [0.3, 0.4) is 0 Å². The maximum Gasteiger partial charge on any atom is 0.331 e. The summed E-state index contributed by atoms with van der Waals surface area (Å²) >= 11 is 0. The highest BCUT2D eigenvalue weighted by Crippen LogP contribution is 2.36. The van der Waals surface area contributed by atoms with Crippen LogP contribution in [-0.2, 0) is 49.6 Å². The van der Waals surface area contributed by atoms with E-state index >= 15 is 0 Å². The van der Waals surface area contributed by atoms with Crippen molar-refractivity contribution in [2.45, 2.75) is 72.7 Å². The third kappa shape index (κ3) is 6.76. The van der Waals surface area contributed by atoms with E-state index in [1.54, 1.807) is 20.8 Å². The Morgan fingerprint density at radius 3 is 2.09 bits per heavy atom. The van der Waals surface area contributed by atoms with Crippen LogP contribution >= 0.6 is 0 Å². The Morgan fingerprint density at radius 1 is 0.971 bits per heavy atom. The van der Waals surface area contributed by atoms with Crippen molar-refractivity contribution >= 4 is 23.9 Å². The topological polar surface area (TPSA) is 169 Å². The van der Waals surface area contributed by atoms with Crippen LogP contribution in [0.5, 0.6) is 0 Å². The summed E-state index contributed by atoms with van der Waals surface area (Å²) in [5.41, 5.74) is -2.71. The standard InChI is InChI=1S/C21H28N2O11/c1-10(24)30-8-14-16(32-11(2)25)17(33-12(3)26)15(34-14)13-7-23(20(29)22-18(13)27)9-31-19(28)21(4,5)6/h7,14-17H,8-9H2,1-6H3,(H,22,27,29). The number of carbonyl (C=O) groups excluding carboxylic acids is 4. The van der Waals surface area contributed by atoms with Gasteiger partial charge < -0.3 is 23.7 Å². The number of aromatic amines is 1. The number of nitrogens with one attached hydrogen (secondary N) is 1. The van der Waals surface area contributed by atoms with Crippen LogP contribution in [0.4, 0.5) is 0 Å². The number of nitrogens with zero attached hydrogens (tertiary/aromatic N) is 1. The van der Waals surface area contributed by atoms with Gasteiger partial charge >= 0.3 is 29.6 Å². The minimum Gasteiger partial charge on any atom is -0.463 e. The van der Waals surface area contributed by atoms with Crippen LogP contribution in [0.2, 0.25) is 0 Å². The normalized spacial score (nSPS) is 22.1. The molecule has 0 saturated carbocycles. The molecule has 1 N–H and O–H groups in total. The molecule has 0 amide bonds. The highest BCUT2D eigenvalue weighted by atomic mass is 16.6. The smallest absolute Gasteiger partial charge is 0.331 e. The minimum absolute atomic E-state index is 0.167. The quantitative estimate of drug-likeness (QED) is 0.407. The van der Waals surface area contributed by atoms with Crippen molar-refractivity contribution in [2.75, 3.05) is 6.61 Å². The van der Waals surface area contributed by atoms with Gasteiger partial charge in [0.25, 0.3) is 5.56 Å². The van der Waals surface area contributed by atoms with Crippen LogP contribution in [-0.4, -0.2) is 58.3 Å². The number of H-pyrrole nitrogens is 1. The summed E-state index contributed by atoms with van der Waals surface area (Å²) in [4.78, 5) is 73.7. The van der Waals surface area contributed by atoms with Gasteiger partial charge in [0.15, 0.2) is 18.9 Å². The minimum atomic E-state index is -1.30. The Morgan fingerprint density at radius 2 is 1.56 bits per heavy atom. The lowest BCUT2D eigenvalue weighted by Crippen LogP contribution is -2.41. The van der Waals surface area contributed by atoms with E-state index in [2.05, 4.69) is 4.98 Å². The molecule has 2 heterocycles. The molecule has 34 heavy (non-hydrogen) atoms. The Balaban J connectivity index is 2.46. The van der Waals surface area contributed by atoms with Gasteiger partial charge in [0.05, 0.1) is 11.0 Å². The van der Waals surface area contributed by atoms with Crippen molar-refractivity contribution in [2.24, 2.45) is 5.41 Å². The maximum atomic E-state index is 12.6. The molecule has 1 aromatic heterocycles. The summed E-state index contributed by atoms with van der Waals surface area (Å²) < 4.78 is 27.4. The fourth-order valence-corrected chi connectivity index (χ4v) is 3.14. The van der Waals surface area contributed by atoms with Crippen LogP contribution in [0, 0.1) is 5.41 Å². The van der Waals surface area contributed by atoms with Gasteiger partial charge in [-0.1, -0.05) is 0 Å². The van der Waals surface area contributed by atoms with E-state index in [0.29, 0.717) is 0 Å². The SMILES string of the molecule is CC(=O)OCC1OC(c2cn(COC(=O)C(C)(C)C)c(=O)[nH]c2=O)C(OC(C)=O)C1OC(C)=O. The molecular weight excluding hydrogens is 456 g/mol. The van der Waals surface area contributed by atoms with E-state index in [-0.39, 0.29) is 12.2 Å². The zero-order valence-corrected chi connectivity index (χ0v) is 19.7. The first kappa shape index (κ1) is 26.8. The summed E-state index contributed by atoms with van der Waals surface area (Å²) in [5.74, 6) is -2.71. The first-order valence-corrected chi connectivity index (χ1v) is 10.3. The molecule has 2 rings (SSSR count). The molecule has 1 saturated heterocycles. The second-order valence-corrected chi connectivity index (χ2v) is 8.67. The molecule has 4 atom stereocenters. The van der Waals surface area contributed by atoms with Gasteiger partial charge in [-0.15, -0.1) is 0 Å². The molecule has 1 aliphatic heterocycles. The second kappa shape index (κ2) is 10.6. The van der Waals surface area contributed by atoms with Crippen LogP contribution < -0.4 is 11.2 Å². The van der Waals surface area contributed by atoms with Gasteiger partial charge in [0, 0.05) is 27.0 Å². The number of rotatable bonds is 7. The van der Waals surface area contributed by atoms with Crippen LogP contribution in [0.15, 0.2) is 15.8 Å². The zero-order valence-electron chi connectivity index (χ0n) is 19.7. The Bertz CT molecular complexity index is 1070. The molecule has 188 valence electrons. The number of carbonyl (C=O) groups is 4. The zero-order chi connectivity index (χ0) is 25.8. The average Bonchev–Trinajstić information content (AvgIpc) is 3.00. The molecule has 1 fully saturated rings. The third-order valence-electron chi connectivity index (χ3n) is 4.66. The molecule has 13 nitrogen and oxygen atoms in total. The van der Waals surface area contributed by atoms with E-state index in [1.165, 1.54) is 0 Å². The third-order valence-corrected chi connectivity index (χ3v) is 4.66. The van der Waals surface area contributed by atoms with E-state index in [0.717, 1.165) is 31.5 Å². The number of ether oxygens (including phenoxy) is 5. The van der Waals surface area contributed by atoms with E-state index in [4.69, 9.17) is 23.7 Å². The maximum absolute atomic E-state index is 12.6. The van der Waals surface area contributed by atoms with E-state index in [9.17, 15) is 28.8 Å². The summed E-state index contributed by atoms with van der Waals surface area (Å²) in [6, 6.07) is 0. The van der Waals surface area contributed by atoms with Crippen molar-refractivity contribution in [1.29, 1.82) is 0 Å². The van der Waals surface area contributed by atoms with E-state index < -0.39 is 71.7 Å². The highest BCUT2D eigenvalue weighted by molar-refractivity contribution is 5.75. The Labute approximate surface area is 194 Å².